The zero-order chi connectivity index (χ0) is 15.1. The highest BCUT2D eigenvalue weighted by molar-refractivity contribution is 5.94. The van der Waals surface area contributed by atoms with Crippen LogP contribution in [0, 0.1) is 0 Å². The zero-order valence-electron chi connectivity index (χ0n) is 12.6. The zero-order valence-corrected chi connectivity index (χ0v) is 12.6. The van der Waals surface area contributed by atoms with Gasteiger partial charge in [0, 0.05) is 5.56 Å². The predicted molar refractivity (Wildman–Crippen MR) is 84.3 cm³/mol. The molecule has 0 saturated heterocycles. The van der Waals surface area contributed by atoms with Crippen LogP contribution in [-0.2, 0) is 6.42 Å². The number of aromatic hydroxyl groups is 1. The lowest BCUT2D eigenvalue weighted by Gasteiger charge is -2.07. The number of phenolic OH excluding ortho intramolecular Hbond substituents is 1. The number of aryl methyl sites for hydroxylation is 1. The van der Waals surface area contributed by atoms with E-state index in [1.165, 1.54) is 0 Å². The van der Waals surface area contributed by atoms with Crippen molar-refractivity contribution in [2.75, 3.05) is 0 Å². The van der Waals surface area contributed by atoms with Gasteiger partial charge in [0.2, 0.25) is 0 Å². The predicted octanol–water partition coefficient (Wildman–Crippen LogP) is 4.85. The van der Waals surface area contributed by atoms with Crippen LogP contribution in [0.25, 0.3) is 11.1 Å². The number of Topliss-reactive ketones (excluding diaryl/α,β-unsaturated/α-hetero) is 1. The number of carbonyl (C=O) groups is 1. The highest BCUT2D eigenvalue weighted by atomic mass is 16.3. The highest BCUT2D eigenvalue weighted by Gasteiger charge is 2.04. The molecule has 2 heteroatoms. The number of carbonyl (C=O) groups excluding carboxylic acids is 1. The van der Waals surface area contributed by atoms with E-state index in [1.807, 2.05) is 57.2 Å². The van der Waals surface area contributed by atoms with Crippen LogP contribution in [0.15, 0.2) is 42.5 Å². The largest absolute Gasteiger partial charge is 0.508 e. The lowest BCUT2D eigenvalue weighted by Crippen LogP contribution is -1.91. The molecule has 0 fully saturated rings. The average Bonchev–Trinajstić information content (AvgIpc) is 2.50. The van der Waals surface area contributed by atoms with Crippen LogP contribution in [-0.4, -0.2) is 10.9 Å². The highest BCUT2D eigenvalue weighted by Crippen LogP contribution is 2.26. The second-order valence-electron chi connectivity index (χ2n) is 4.33. The van der Waals surface area contributed by atoms with E-state index in [9.17, 15) is 9.90 Å². The first-order chi connectivity index (χ1) is 9.61. The summed E-state index contributed by atoms with van der Waals surface area (Å²) in [6.07, 6.45) is 0.797. The summed E-state index contributed by atoms with van der Waals surface area (Å²) in [6, 6.07) is 13.1. The molecular formula is C18H22O2. The van der Waals surface area contributed by atoms with E-state index < -0.39 is 0 Å². The summed E-state index contributed by atoms with van der Waals surface area (Å²) >= 11 is 0. The first-order valence-corrected chi connectivity index (χ1v) is 7.05. The third-order valence-corrected chi connectivity index (χ3v) is 3.09. The van der Waals surface area contributed by atoms with Gasteiger partial charge in [-0.15, -0.1) is 0 Å². The number of ketones is 1. The minimum absolute atomic E-state index is 0.0708. The smallest absolute Gasteiger partial charge is 0.159 e. The van der Waals surface area contributed by atoms with Crippen molar-refractivity contribution in [2.24, 2.45) is 0 Å². The van der Waals surface area contributed by atoms with Gasteiger partial charge in [0.05, 0.1) is 0 Å². The fraction of sp³-hybridized carbons (Fsp3) is 0.278. The summed E-state index contributed by atoms with van der Waals surface area (Å²) in [6.45, 7) is 7.57. The first kappa shape index (κ1) is 16.0. The normalized spacial score (nSPS) is 9.60. The van der Waals surface area contributed by atoms with Crippen molar-refractivity contribution in [3.05, 3.63) is 53.6 Å². The first-order valence-electron chi connectivity index (χ1n) is 7.05. The van der Waals surface area contributed by atoms with E-state index in [1.54, 1.807) is 13.0 Å². The van der Waals surface area contributed by atoms with Crippen LogP contribution in [0.1, 0.15) is 43.6 Å². The minimum atomic E-state index is 0.0708. The van der Waals surface area contributed by atoms with E-state index in [4.69, 9.17) is 0 Å². The molecule has 106 valence electrons. The molecule has 0 unspecified atom stereocenters. The van der Waals surface area contributed by atoms with Gasteiger partial charge in [-0.2, -0.15) is 0 Å². The van der Waals surface area contributed by atoms with Crippen LogP contribution in [0.3, 0.4) is 0 Å². The summed E-state index contributed by atoms with van der Waals surface area (Å²) in [5, 5.41) is 9.65. The molecule has 0 radical (unpaired) electrons. The van der Waals surface area contributed by atoms with Gasteiger partial charge >= 0.3 is 0 Å². The van der Waals surface area contributed by atoms with Gasteiger partial charge in [-0.1, -0.05) is 51.1 Å². The van der Waals surface area contributed by atoms with Crippen molar-refractivity contribution in [2.45, 2.75) is 34.1 Å². The van der Waals surface area contributed by atoms with Crippen LogP contribution < -0.4 is 0 Å². The molecule has 1 N–H and O–H groups in total. The summed E-state index contributed by atoms with van der Waals surface area (Å²) in [5.74, 6) is 0.406. The van der Waals surface area contributed by atoms with Crippen molar-refractivity contribution >= 4 is 5.78 Å². The Hall–Kier alpha value is -2.09. The average molecular weight is 270 g/mol. The molecule has 0 aliphatic carbocycles. The monoisotopic (exact) mass is 270 g/mol. The molecule has 0 aliphatic rings. The van der Waals surface area contributed by atoms with Crippen molar-refractivity contribution in [1.82, 2.24) is 0 Å². The third-order valence-electron chi connectivity index (χ3n) is 3.09. The molecule has 0 heterocycles. The molecule has 0 saturated carbocycles. The van der Waals surface area contributed by atoms with Crippen LogP contribution in [0.5, 0.6) is 5.75 Å². The maximum Gasteiger partial charge on any atom is 0.159 e. The Labute approximate surface area is 121 Å². The van der Waals surface area contributed by atoms with Crippen molar-refractivity contribution < 1.29 is 9.90 Å². The summed E-state index contributed by atoms with van der Waals surface area (Å²) in [7, 11) is 0. The maximum atomic E-state index is 11.2. The molecule has 2 aromatic rings. The molecule has 2 rings (SSSR count). The van der Waals surface area contributed by atoms with E-state index in [0.29, 0.717) is 11.3 Å². The van der Waals surface area contributed by atoms with E-state index in [-0.39, 0.29) is 5.78 Å². The molecule has 0 atom stereocenters. The summed E-state index contributed by atoms with van der Waals surface area (Å²) in [4.78, 5) is 11.2. The van der Waals surface area contributed by atoms with Gasteiger partial charge in [-0.3, -0.25) is 4.79 Å². The fourth-order valence-electron chi connectivity index (χ4n) is 1.95. The molecule has 2 aromatic carbocycles. The molecule has 0 bridgehead atoms. The Kier molecular flexibility index (Phi) is 5.98. The molecule has 0 amide bonds. The van der Waals surface area contributed by atoms with Gasteiger partial charge in [0.25, 0.3) is 0 Å². The molecule has 0 spiro atoms. The van der Waals surface area contributed by atoms with Crippen molar-refractivity contribution in [3.63, 3.8) is 0 Å². The van der Waals surface area contributed by atoms with E-state index >= 15 is 0 Å². The third kappa shape index (κ3) is 3.70. The van der Waals surface area contributed by atoms with Gasteiger partial charge in [0.1, 0.15) is 5.75 Å². The lowest BCUT2D eigenvalue weighted by molar-refractivity contribution is 0.101. The summed E-state index contributed by atoms with van der Waals surface area (Å²) < 4.78 is 0. The summed E-state index contributed by atoms with van der Waals surface area (Å²) in [5.41, 5.74) is 3.76. The second-order valence-corrected chi connectivity index (χ2v) is 4.33. The fourth-order valence-corrected chi connectivity index (χ4v) is 1.95. The Balaban J connectivity index is 0.000000956. The molecule has 0 aliphatic heterocycles. The van der Waals surface area contributed by atoms with E-state index in [2.05, 4.69) is 0 Å². The van der Waals surface area contributed by atoms with Crippen LogP contribution in [0.2, 0.25) is 0 Å². The number of phenols is 1. The molecule has 2 nitrogen and oxygen atoms in total. The lowest BCUT2D eigenvalue weighted by atomic mass is 9.99. The van der Waals surface area contributed by atoms with Crippen molar-refractivity contribution in [1.29, 1.82) is 0 Å². The SMILES string of the molecule is CC.CCc1cc(-c2ccc(C(C)=O)cc2)ccc1O. The molecular weight excluding hydrogens is 248 g/mol. The van der Waals surface area contributed by atoms with Gasteiger partial charge < -0.3 is 5.11 Å². The van der Waals surface area contributed by atoms with Crippen LogP contribution in [0.4, 0.5) is 0 Å². The van der Waals surface area contributed by atoms with Gasteiger partial charge in [-0.25, -0.2) is 0 Å². The minimum Gasteiger partial charge on any atom is -0.508 e. The Morgan fingerprint density at radius 1 is 1.00 bits per heavy atom. The quantitative estimate of drug-likeness (QED) is 0.809. The molecule has 0 aromatic heterocycles. The Morgan fingerprint density at radius 2 is 1.55 bits per heavy atom. The van der Waals surface area contributed by atoms with Crippen LogP contribution >= 0.6 is 0 Å². The number of rotatable bonds is 3. The number of benzene rings is 2. The van der Waals surface area contributed by atoms with Gasteiger partial charge in [-0.05, 0) is 42.2 Å². The standard InChI is InChI=1S/C16H16O2.C2H6/c1-3-12-10-15(8-9-16(12)18)14-6-4-13(5-7-14)11(2)17;1-2/h4-10,18H,3H2,1-2H3;1-2H3. The van der Waals surface area contributed by atoms with Gasteiger partial charge in [0.15, 0.2) is 5.78 Å². The number of hydrogen-bond acceptors (Lipinski definition) is 2. The Morgan fingerprint density at radius 3 is 2.05 bits per heavy atom. The van der Waals surface area contributed by atoms with Crippen molar-refractivity contribution in [3.8, 4) is 16.9 Å². The topological polar surface area (TPSA) is 37.3 Å². The van der Waals surface area contributed by atoms with E-state index in [0.717, 1.165) is 23.1 Å². The molecule has 20 heavy (non-hydrogen) atoms. The Bertz CT molecular complexity index is 568. The number of hydrogen-bond donors (Lipinski definition) is 1. The maximum absolute atomic E-state index is 11.2. The second kappa shape index (κ2) is 7.49.